The molecule has 4 nitrogen and oxygen atoms in total. The molecule has 4 heteroatoms. The lowest BCUT2D eigenvalue weighted by Gasteiger charge is -2.57. The first-order chi connectivity index (χ1) is 12.6. The molecule has 0 unspecified atom stereocenters. The smallest absolute Gasteiger partial charge is 0.210 e. The highest BCUT2D eigenvalue weighted by Gasteiger charge is 2.66. The van der Waals surface area contributed by atoms with Gasteiger partial charge in [0.25, 0.3) is 0 Å². The topological polar surface area (TPSA) is 47.9 Å². The summed E-state index contributed by atoms with van der Waals surface area (Å²) in [7, 11) is 0. The second-order valence-corrected chi connectivity index (χ2v) is 9.57. The zero-order valence-corrected chi connectivity index (χ0v) is 15.2. The third kappa shape index (κ3) is 2.25. The molecule has 0 radical (unpaired) electrons. The van der Waals surface area contributed by atoms with E-state index in [1.165, 1.54) is 37.7 Å². The van der Waals surface area contributed by atoms with Crippen LogP contribution in [0.4, 0.5) is 0 Å². The Balaban J connectivity index is 1.18. The summed E-state index contributed by atoms with van der Waals surface area (Å²) in [4.78, 5) is 12.1. The molecule has 1 heterocycles. The normalized spacial score (nSPS) is 49.3. The number of ether oxygens (including phenoxy) is 1. The predicted octanol–water partition coefficient (Wildman–Crippen LogP) is 4.88. The molecule has 26 heavy (non-hydrogen) atoms. The monoisotopic (exact) mass is 356 g/mol. The first-order valence-corrected chi connectivity index (χ1v) is 10.5. The summed E-state index contributed by atoms with van der Waals surface area (Å²) >= 11 is 0. The van der Waals surface area contributed by atoms with Gasteiger partial charge in [0, 0.05) is 24.7 Å². The van der Waals surface area contributed by atoms with Crippen LogP contribution < -0.4 is 0 Å². The Morgan fingerprint density at radius 1 is 0.808 bits per heavy atom. The van der Waals surface area contributed by atoms with E-state index in [1.54, 1.807) is 12.1 Å². The summed E-state index contributed by atoms with van der Waals surface area (Å²) in [6, 6.07) is 7.66. The first-order valence-electron chi connectivity index (χ1n) is 10.5. The molecular formula is C22H28O4. The minimum absolute atomic E-state index is 0.334. The van der Waals surface area contributed by atoms with Crippen LogP contribution in [0.5, 0.6) is 5.75 Å². The summed E-state index contributed by atoms with van der Waals surface area (Å²) in [5.41, 5.74) is 1.31. The van der Waals surface area contributed by atoms with Crippen molar-refractivity contribution in [3.63, 3.8) is 0 Å². The van der Waals surface area contributed by atoms with Crippen LogP contribution in [0.15, 0.2) is 24.3 Å². The number of benzene rings is 1. The zero-order valence-electron chi connectivity index (χ0n) is 15.2. The Morgan fingerprint density at radius 3 is 2.04 bits per heavy atom. The summed E-state index contributed by atoms with van der Waals surface area (Å²) in [5.74, 6) is 2.75. The molecule has 6 fully saturated rings. The van der Waals surface area contributed by atoms with Crippen LogP contribution in [0.25, 0.3) is 0 Å². The highest BCUT2D eigenvalue weighted by Crippen LogP contribution is 2.64. The summed E-state index contributed by atoms with van der Waals surface area (Å²) in [5, 5.41) is 9.51. The zero-order chi connectivity index (χ0) is 17.4. The van der Waals surface area contributed by atoms with E-state index in [4.69, 9.17) is 14.5 Å². The molecule has 2 spiro atoms. The minimum Gasteiger partial charge on any atom is -0.508 e. The highest BCUT2D eigenvalue weighted by molar-refractivity contribution is 5.28. The molecule has 0 aromatic heterocycles. The lowest BCUT2D eigenvalue weighted by molar-refractivity contribution is -0.390. The van der Waals surface area contributed by atoms with Gasteiger partial charge in [-0.05, 0) is 80.4 Å². The van der Waals surface area contributed by atoms with Crippen molar-refractivity contribution in [2.45, 2.75) is 75.3 Å². The Morgan fingerprint density at radius 2 is 1.42 bits per heavy atom. The molecule has 1 aromatic rings. The van der Waals surface area contributed by atoms with Gasteiger partial charge in [0.2, 0.25) is 11.6 Å². The maximum absolute atomic E-state index is 9.51. The largest absolute Gasteiger partial charge is 0.508 e. The van der Waals surface area contributed by atoms with Crippen molar-refractivity contribution in [2.24, 2.45) is 23.7 Å². The number of phenols is 1. The van der Waals surface area contributed by atoms with Crippen LogP contribution in [0, 0.1) is 23.7 Å². The molecule has 0 amide bonds. The van der Waals surface area contributed by atoms with Gasteiger partial charge in [0.1, 0.15) is 5.75 Å². The van der Waals surface area contributed by atoms with Crippen LogP contribution in [0.3, 0.4) is 0 Å². The van der Waals surface area contributed by atoms with E-state index < -0.39 is 11.6 Å². The lowest BCUT2D eigenvalue weighted by Crippen LogP contribution is -2.59. The van der Waals surface area contributed by atoms with Gasteiger partial charge in [0.15, 0.2) is 0 Å². The van der Waals surface area contributed by atoms with E-state index in [9.17, 15) is 5.11 Å². The second-order valence-electron chi connectivity index (χ2n) is 9.57. The van der Waals surface area contributed by atoms with Gasteiger partial charge < -0.3 is 9.84 Å². The van der Waals surface area contributed by atoms with E-state index in [2.05, 4.69) is 0 Å². The van der Waals surface area contributed by atoms with Gasteiger partial charge in [-0.3, -0.25) is 0 Å². The van der Waals surface area contributed by atoms with Gasteiger partial charge in [-0.2, -0.15) is 9.78 Å². The molecule has 1 N–H and O–H groups in total. The fourth-order valence-corrected chi connectivity index (χ4v) is 6.93. The number of aromatic hydroxyl groups is 1. The van der Waals surface area contributed by atoms with Crippen molar-refractivity contribution in [3.8, 4) is 5.75 Å². The summed E-state index contributed by atoms with van der Waals surface area (Å²) in [6.45, 7) is 0. The Labute approximate surface area is 154 Å². The number of rotatable bonds is 1. The lowest BCUT2D eigenvalue weighted by atomic mass is 9.53. The van der Waals surface area contributed by atoms with E-state index in [-0.39, 0.29) is 0 Å². The number of hydrogen-bond donors (Lipinski definition) is 1. The third-order valence-corrected chi connectivity index (χ3v) is 8.06. The SMILES string of the molecule is Oc1ccc([C@H]2CC[C@]3(CC2)OOC2(O3)C3CC4CC(C3)CC2C4)cc1. The van der Waals surface area contributed by atoms with Crippen molar-refractivity contribution in [3.05, 3.63) is 29.8 Å². The van der Waals surface area contributed by atoms with E-state index >= 15 is 0 Å². The van der Waals surface area contributed by atoms with Crippen molar-refractivity contribution in [2.75, 3.05) is 0 Å². The fourth-order valence-electron chi connectivity index (χ4n) is 6.93. The second kappa shape index (κ2) is 5.46. The standard InChI is InChI=1S/C22H28O4/c23-20-3-1-16(2-4-20)17-5-7-21(8-6-17)24-22(26-25-21)18-10-14-9-15(12-18)13-19(22)11-14/h1-4,14-15,17-19,23H,5-13H2/t14?,15?,17-,18?,19?,21+,22?. The molecule has 0 atom stereocenters. The molecule has 4 bridgehead atoms. The van der Waals surface area contributed by atoms with Crippen LogP contribution in [-0.4, -0.2) is 16.7 Å². The minimum atomic E-state index is -0.525. The van der Waals surface area contributed by atoms with E-state index in [0.717, 1.165) is 37.5 Å². The van der Waals surface area contributed by atoms with Crippen molar-refractivity contribution >= 4 is 0 Å². The summed E-state index contributed by atoms with van der Waals surface area (Å²) < 4.78 is 6.77. The van der Waals surface area contributed by atoms with Gasteiger partial charge in [-0.25, -0.2) is 0 Å². The molecule has 1 saturated heterocycles. The van der Waals surface area contributed by atoms with E-state index in [0.29, 0.717) is 23.5 Å². The Bertz CT molecular complexity index is 661. The first kappa shape index (κ1) is 15.9. The van der Waals surface area contributed by atoms with Crippen molar-refractivity contribution < 1.29 is 19.6 Å². The maximum atomic E-state index is 9.51. The molecular weight excluding hydrogens is 328 g/mol. The van der Waals surface area contributed by atoms with Crippen molar-refractivity contribution in [1.29, 1.82) is 0 Å². The quantitative estimate of drug-likeness (QED) is 0.729. The van der Waals surface area contributed by atoms with Gasteiger partial charge in [0.05, 0.1) is 0 Å². The molecule has 5 aliphatic carbocycles. The number of hydrogen-bond acceptors (Lipinski definition) is 4. The average Bonchev–Trinajstić information content (AvgIpc) is 3.01. The molecule has 7 rings (SSSR count). The fraction of sp³-hybridized carbons (Fsp3) is 0.727. The van der Waals surface area contributed by atoms with E-state index in [1.807, 2.05) is 12.1 Å². The maximum Gasteiger partial charge on any atom is 0.210 e. The molecule has 1 aromatic carbocycles. The van der Waals surface area contributed by atoms with Crippen LogP contribution >= 0.6 is 0 Å². The highest BCUT2D eigenvalue weighted by atomic mass is 17.3. The van der Waals surface area contributed by atoms with Crippen LogP contribution in [0.2, 0.25) is 0 Å². The molecule has 1 aliphatic heterocycles. The molecule has 6 aliphatic rings. The number of phenolic OH excluding ortho intramolecular Hbond substituents is 1. The van der Waals surface area contributed by atoms with Gasteiger partial charge in [-0.1, -0.05) is 12.1 Å². The van der Waals surface area contributed by atoms with Crippen molar-refractivity contribution in [1.82, 2.24) is 0 Å². The predicted molar refractivity (Wildman–Crippen MR) is 95.1 cm³/mol. The van der Waals surface area contributed by atoms with Crippen LogP contribution in [-0.2, 0) is 14.5 Å². The van der Waals surface area contributed by atoms with Gasteiger partial charge >= 0.3 is 0 Å². The molecule has 5 saturated carbocycles. The van der Waals surface area contributed by atoms with Gasteiger partial charge in [-0.15, -0.1) is 0 Å². The summed E-state index contributed by atoms with van der Waals surface area (Å²) in [6.07, 6.45) is 10.4. The Hall–Kier alpha value is -1.10. The third-order valence-electron chi connectivity index (χ3n) is 8.06. The van der Waals surface area contributed by atoms with Crippen LogP contribution in [0.1, 0.15) is 69.3 Å². The Kier molecular flexibility index (Phi) is 3.34. The average molecular weight is 356 g/mol. The molecule has 140 valence electrons.